The molecule has 0 aliphatic carbocycles. The molecule has 1 aliphatic heterocycles. The third kappa shape index (κ3) is 5.99. The van der Waals surface area contributed by atoms with Crippen LogP contribution in [0.1, 0.15) is 26.3 Å². The SMILES string of the molecule is CC(C)(C)OC(=O)NC(Cc1ccc(Cl)cc1)C(=O)N1CCN(c2ccc3[nH]ncc3c2)CC1. The van der Waals surface area contributed by atoms with E-state index in [0.717, 1.165) is 22.2 Å². The first-order valence-corrected chi connectivity index (χ1v) is 11.8. The van der Waals surface area contributed by atoms with Gasteiger partial charge in [0, 0.05) is 48.7 Å². The number of rotatable bonds is 5. The molecular weight excluding hydrogens is 454 g/mol. The minimum Gasteiger partial charge on any atom is -0.444 e. The smallest absolute Gasteiger partial charge is 0.408 e. The predicted molar refractivity (Wildman–Crippen MR) is 133 cm³/mol. The Morgan fingerprint density at radius 1 is 1.12 bits per heavy atom. The van der Waals surface area contributed by atoms with E-state index in [-0.39, 0.29) is 5.91 Å². The molecule has 1 aliphatic rings. The molecule has 2 heterocycles. The van der Waals surface area contributed by atoms with Crippen molar-refractivity contribution in [3.63, 3.8) is 0 Å². The van der Waals surface area contributed by atoms with Crippen LogP contribution >= 0.6 is 11.6 Å². The molecule has 0 bridgehead atoms. The van der Waals surface area contributed by atoms with Gasteiger partial charge in [-0.25, -0.2) is 4.79 Å². The third-order valence-electron chi connectivity index (χ3n) is 5.72. The molecule has 4 rings (SSSR count). The highest BCUT2D eigenvalue weighted by atomic mass is 35.5. The number of alkyl carbamates (subject to hydrolysis) is 1. The first-order valence-electron chi connectivity index (χ1n) is 11.4. The van der Waals surface area contributed by atoms with Crippen LogP contribution in [-0.2, 0) is 16.0 Å². The van der Waals surface area contributed by atoms with Crippen LogP contribution in [0.25, 0.3) is 10.9 Å². The maximum absolute atomic E-state index is 13.5. The predicted octanol–water partition coefficient (Wildman–Crippen LogP) is 4.00. The van der Waals surface area contributed by atoms with E-state index in [4.69, 9.17) is 16.3 Å². The second kappa shape index (κ2) is 9.93. The molecule has 2 aromatic carbocycles. The van der Waals surface area contributed by atoms with Crippen molar-refractivity contribution in [3.05, 3.63) is 59.2 Å². The molecule has 1 aromatic heterocycles. The second-order valence-electron chi connectivity index (χ2n) is 9.48. The first kappa shape index (κ1) is 23.9. The van der Waals surface area contributed by atoms with E-state index in [9.17, 15) is 9.59 Å². The van der Waals surface area contributed by atoms with Crippen LogP contribution in [0.2, 0.25) is 5.02 Å². The molecule has 1 fully saturated rings. The van der Waals surface area contributed by atoms with Crippen LogP contribution in [0.3, 0.4) is 0 Å². The molecule has 180 valence electrons. The van der Waals surface area contributed by atoms with Gasteiger partial charge in [-0.3, -0.25) is 9.89 Å². The normalized spacial score (nSPS) is 15.3. The molecule has 0 radical (unpaired) electrons. The van der Waals surface area contributed by atoms with Gasteiger partial charge in [0.1, 0.15) is 11.6 Å². The monoisotopic (exact) mass is 483 g/mol. The van der Waals surface area contributed by atoms with Crippen LogP contribution in [-0.4, -0.2) is 64.9 Å². The number of carbonyl (C=O) groups excluding carboxylic acids is 2. The summed E-state index contributed by atoms with van der Waals surface area (Å²) in [5.74, 6) is -0.120. The number of aromatic amines is 1. The van der Waals surface area contributed by atoms with Gasteiger partial charge in [0.25, 0.3) is 0 Å². The van der Waals surface area contributed by atoms with Gasteiger partial charge in [-0.15, -0.1) is 0 Å². The Morgan fingerprint density at radius 3 is 2.50 bits per heavy atom. The lowest BCUT2D eigenvalue weighted by Gasteiger charge is -2.37. The van der Waals surface area contributed by atoms with Crippen LogP contribution in [0.4, 0.5) is 10.5 Å². The number of benzene rings is 2. The molecule has 0 saturated carbocycles. The van der Waals surface area contributed by atoms with Crippen molar-refractivity contribution in [1.29, 1.82) is 0 Å². The number of hydrogen-bond donors (Lipinski definition) is 2. The topological polar surface area (TPSA) is 90.6 Å². The molecule has 1 unspecified atom stereocenters. The van der Waals surface area contributed by atoms with E-state index in [0.29, 0.717) is 37.6 Å². The van der Waals surface area contributed by atoms with Crippen molar-refractivity contribution >= 4 is 40.2 Å². The molecular formula is C25H30ClN5O3. The van der Waals surface area contributed by atoms with Gasteiger partial charge >= 0.3 is 6.09 Å². The van der Waals surface area contributed by atoms with Crippen LogP contribution in [0.15, 0.2) is 48.7 Å². The average Bonchev–Trinajstić information content (AvgIpc) is 3.26. The van der Waals surface area contributed by atoms with Crippen molar-refractivity contribution in [2.24, 2.45) is 0 Å². The van der Waals surface area contributed by atoms with E-state index in [1.54, 1.807) is 32.9 Å². The Morgan fingerprint density at radius 2 is 1.82 bits per heavy atom. The molecule has 1 saturated heterocycles. The molecule has 2 amide bonds. The van der Waals surface area contributed by atoms with Gasteiger partial charge in [0.15, 0.2) is 0 Å². The lowest BCUT2D eigenvalue weighted by atomic mass is 10.0. The van der Waals surface area contributed by atoms with E-state index in [1.807, 2.05) is 29.3 Å². The van der Waals surface area contributed by atoms with Gasteiger partial charge in [-0.05, 0) is 56.7 Å². The van der Waals surface area contributed by atoms with Crippen LogP contribution in [0, 0.1) is 0 Å². The number of carbonyl (C=O) groups is 2. The zero-order valence-corrected chi connectivity index (χ0v) is 20.4. The average molecular weight is 484 g/mol. The van der Waals surface area contributed by atoms with Crippen LogP contribution in [0.5, 0.6) is 0 Å². The van der Waals surface area contributed by atoms with Gasteiger partial charge in [0.05, 0.1) is 11.7 Å². The number of amides is 2. The van der Waals surface area contributed by atoms with E-state index in [2.05, 4.69) is 32.5 Å². The molecule has 2 N–H and O–H groups in total. The van der Waals surface area contributed by atoms with Gasteiger partial charge in [-0.1, -0.05) is 23.7 Å². The second-order valence-corrected chi connectivity index (χ2v) is 9.92. The highest BCUT2D eigenvalue weighted by Crippen LogP contribution is 2.22. The Labute approximate surface area is 204 Å². The Bertz CT molecular complexity index is 1150. The van der Waals surface area contributed by atoms with Gasteiger partial charge in [-0.2, -0.15) is 5.10 Å². The summed E-state index contributed by atoms with van der Waals surface area (Å²) in [6.07, 6.45) is 1.56. The van der Waals surface area contributed by atoms with E-state index in [1.165, 1.54) is 0 Å². The summed E-state index contributed by atoms with van der Waals surface area (Å²) in [6, 6.07) is 12.7. The summed E-state index contributed by atoms with van der Waals surface area (Å²) in [4.78, 5) is 30.0. The Hall–Kier alpha value is -3.26. The largest absolute Gasteiger partial charge is 0.444 e. The first-order chi connectivity index (χ1) is 16.2. The molecule has 9 heteroatoms. The highest BCUT2D eigenvalue weighted by Gasteiger charge is 2.30. The minimum absolute atomic E-state index is 0.120. The number of fused-ring (bicyclic) bond motifs is 1. The Balaban J connectivity index is 1.43. The third-order valence-corrected chi connectivity index (χ3v) is 5.97. The van der Waals surface area contributed by atoms with Crippen molar-refractivity contribution in [1.82, 2.24) is 20.4 Å². The molecule has 3 aromatic rings. The Kier molecular flexibility index (Phi) is 6.97. The number of piperazine rings is 1. The molecule has 8 nitrogen and oxygen atoms in total. The summed E-state index contributed by atoms with van der Waals surface area (Å²) in [6.45, 7) is 7.92. The number of halogens is 1. The standard InChI is InChI=1S/C25H30ClN5O3/c1-25(2,3)34-24(33)28-22(14-17-4-6-19(26)7-5-17)23(32)31-12-10-30(11-13-31)20-8-9-21-18(15-20)16-27-29-21/h4-9,15-16,22H,10-14H2,1-3H3,(H,27,29)(H,28,33). The van der Waals surface area contributed by atoms with E-state index < -0.39 is 17.7 Å². The molecule has 0 spiro atoms. The summed E-state index contributed by atoms with van der Waals surface area (Å²) in [5.41, 5.74) is 2.35. The summed E-state index contributed by atoms with van der Waals surface area (Å²) < 4.78 is 5.41. The van der Waals surface area contributed by atoms with Crippen molar-refractivity contribution in [2.75, 3.05) is 31.1 Å². The quantitative estimate of drug-likeness (QED) is 0.572. The minimum atomic E-state index is -0.732. The number of nitrogens with one attached hydrogen (secondary N) is 2. The highest BCUT2D eigenvalue weighted by molar-refractivity contribution is 6.30. The maximum Gasteiger partial charge on any atom is 0.408 e. The number of H-pyrrole nitrogens is 1. The zero-order chi connectivity index (χ0) is 24.3. The zero-order valence-electron chi connectivity index (χ0n) is 19.7. The lowest BCUT2D eigenvalue weighted by Crippen LogP contribution is -2.56. The number of nitrogens with zero attached hydrogens (tertiary/aromatic N) is 3. The number of aromatic nitrogens is 2. The fraction of sp³-hybridized carbons (Fsp3) is 0.400. The fourth-order valence-corrected chi connectivity index (χ4v) is 4.16. The van der Waals surface area contributed by atoms with Gasteiger partial charge in [0.2, 0.25) is 5.91 Å². The van der Waals surface area contributed by atoms with Crippen molar-refractivity contribution < 1.29 is 14.3 Å². The summed E-state index contributed by atoms with van der Waals surface area (Å²) in [7, 11) is 0. The maximum atomic E-state index is 13.5. The molecule has 1 atom stereocenters. The number of ether oxygens (including phenoxy) is 1. The van der Waals surface area contributed by atoms with Crippen molar-refractivity contribution in [3.8, 4) is 0 Å². The van der Waals surface area contributed by atoms with Gasteiger partial charge < -0.3 is 19.9 Å². The number of anilines is 1. The summed E-state index contributed by atoms with van der Waals surface area (Å²) in [5, 5.41) is 11.5. The lowest BCUT2D eigenvalue weighted by molar-refractivity contribution is -0.133. The fourth-order valence-electron chi connectivity index (χ4n) is 4.04. The van der Waals surface area contributed by atoms with E-state index >= 15 is 0 Å². The van der Waals surface area contributed by atoms with Crippen molar-refractivity contribution in [2.45, 2.75) is 38.8 Å². The number of hydrogen-bond acceptors (Lipinski definition) is 5. The van der Waals surface area contributed by atoms with Crippen LogP contribution < -0.4 is 10.2 Å². The molecule has 34 heavy (non-hydrogen) atoms. The summed E-state index contributed by atoms with van der Waals surface area (Å²) >= 11 is 6.00.